The highest BCUT2D eigenvalue weighted by Gasteiger charge is 2.74. The van der Waals surface area contributed by atoms with E-state index in [0.717, 1.165) is 6.42 Å². The molecule has 0 aromatic rings. The summed E-state index contributed by atoms with van der Waals surface area (Å²) in [7, 11) is 0. The van der Waals surface area contributed by atoms with Crippen LogP contribution in [0.5, 0.6) is 0 Å². The van der Waals surface area contributed by atoms with Gasteiger partial charge in [-0.05, 0) is 122 Å². The fourth-order valence-corrected chi connectivity index (χ4v) is 17.4. The van der Waals surface area contributed by atoms with Crippen LogP contribution < -0.4 is 0 Å². The molecule has 448 valence electrons. The Morgan fingerprint density at radius 2 is 1.23 bits per heavy atom. The maximum Gasteiger partial charge on any atom is 0.314 e. The third-order valence-corrected chi connectivity index (χ3v) is 21.9. The Morgan fingerprint density at radius 1 is 0.590 bits per heavy atom. The van der Waals surface area contributed by atoms with Gasteiger partial charge in [0.15, 0.2) is 18.9 Å². The monoisotopic (exact) mass is 1120 g/mol. The number of ether oxygens (including phenoxy) is 8. The standard InChI is InChI=1S/C54H88O24/c1-21(17-55)23-8-13-54(49(70)78-48-39(66)36(63)33(60)28(75-48)20-71-46-40(67)37(64)42(27(19-57)74-46)77-47-38(65)35(62)32(59)22(2)72-47)15-14-52(6)24(31(23)54)16-25(58)44-51(5)11-10-30(50(3,4)29(51)9-12-53(44,52)7)76-43-34(61)26(18-56)73-45(69)41(43)68/h22-48,55-69H,1,8-20H2,2-7H3. The quantitative estimate of drug-likeness (QED) is 0.0638. The Kier molecular flexibility index (Phi) is 17.5. The molecule has 9 rings (SSSR count). The molecule has 9 fully saturated rings. The van der Waals surface area contributed by atoms with Gasteiger partial charge < -0.3 is 114 Å². The van der Waals surface area contributed by atoms with Gasteiger partial charge in [0.2, 0.25) is 6.29 Å². The summed E-state index contributed by atoms with van der Waals surface area (Å²) in [6.07, 6.45) is -28.9. The number of hydrogen-bond donors (Lipinski definition) is 15. The maximum absolute atomic E-state index is 15.2. The molecule has 5 aliphatic carbocycles. The predicted molar refractivity (Wildman–Crippen MR) is 264 cm³/mol. The van der Waals surface area contributed by atoms with Crippen molar-refractivity contribution in [2.24, 2.45) is 56.7 Å². The highest BCUT2D eigenvalue weighted by Crippen LogP contribution is 2.78. The Hall–Kier alpha value is -1.67. The van der Waals surface area contributed by atoms with Crippen molar-refractivity contribution < 1.29 is 119 Å². The van der Waals surface area contributed by atoms with E-state index < -0.39 is 194 Å². The van der Waals surface area contributed by atoms with Crippen LogP contribution in [0.2, 0.25) is 0 Å². The smallest absolute Gasteiger partial charge is 0.314 e. The molecule has 31 atom stereocenters. The van der Waals surface area contributed by atoms with Crippen LogP contribution in [0.3, 0.4) is 0 Å². The second kappa shape index (κ2) is 22.4. The molecule has 4 aliphatic heterocycles. The first-order chi connectivity index (χ1) is 36.6. The topological polar surface area (TPSA) is 394 Å². The largest absolute Gasteiger partial charge is 0.432 e. The Balaban J connectivity index is 0.904. The van der Waals surface area contributed by atoms with Gasteiger partial charge in [0.1, 0.15) is 91.6 Å². The summed E-state index contributed by atoms with van der Waals surface area (Å²) in [5.41, 5.74) is -2.62. The molecule has 4 heterocycles. The van der Waals surface area contributed by atoms with Crippen LogP contribution in [0, 0.1) is 56.7 Å². The molecular weight excluding hydrogens is 1030 g/mol. The van der Waals surface area contributed by atoms with Gasteiger partial charge in [-0.25, -0.2) is 0 Å². The van der Waals surface area contributed by atoms with Crippen molar-refractivity contribution in [2.45, 2.75) is 234 Å². The minimum absolute atomic E-state index is 0.00640. The number of aliphatic hydroxyl groups excluding tert-OH is 15. The second-order valence-electron chi connectivity index (χ2n) is 25.9. The maximum atomic E-state index is 15.2. The summed E-state index contributed by atoms with van der Waals surface area (Å²) >= 11 is 0. The van der Waals surface area contributed by atoms with Crippen LogP contribution in [0.4, 0.5) is 0 Å². The Morgan fingerprint density at radius 3 is 1.90 bits per heavy atom. The average molecular weight is 1120 g/mol. The van der Waals surface area contributed by atoms with Crippen molar-refractivity contribution in [1.29, 1.82) is 0 Å². The van der Waals surface area contributed by atoms with Crippen molar-refractivity contribution in [1.82, 2.24) is 0 Å². The molecular formula is C54H88O24. The Labute approximate surface area is 453 Å². The molecule has 9 aliphatic rings. The van der Waals surface area contributed by atoms with Crippen LogP contribution in [0.1, 0.15) is 99.3 Å². The number of fused-ring (bicyclic) bond motifs is 7. The van der Waals surface area contributed by atoms with E-state index in [-0.39, 0.29) is 30.3 Å². The van der Waals surface area contributed by atoms with Crippen molar-refractivity contribution >= 4 is 5.97 Å². The van der Waals surface area contributed by atoms with E-state index in [9.17, 15) is 76.6 Å². The molecule has 0 aromatic carbocycles. The lowest BCUT2D eigenvalue weighted by molar-refractivity contribution is -0.361. The molecule has 24 nitrogen and oxygen atoms in total. The molecule has 31 unspecified atom stereocenters. The summed E-state index contributed by atoms with van der Waals surface area (Å²) in [6, 6.07) is 0. The van der Waals surface area contributed by atoms with Crippen molar-refractivity contribution in [2.75, 3.05) is 26.4 Å². The van der Waals surface area contributed by atoms with Gasteiger partial charge in [-0.3, -0.25) is 4.79 Å². The lowest BCUT2D eigenvalue weighted by Crippen LogP contribution is -2.70. The minimum Gasteiger partial charge on any atom is -0.432 e. The normalized spacial score (nSPS) is 55.0. The van der Waals surface area contributed by atoms with Gasteiger partial charge in [-0.15, -0.1) is 0 Å². The molecule has 4 saturated heterocycles. The van der Waals surface area contributed by atoms with Crippen molar-refractivity contribution in [3.63, 3.8) is 0 Å². The molecule has 78 heavy (non-hydrogen) atoms. The summed E-state index contributed by atoms with van der Waals surface area (Å²) in [4.78, 5) is 15.2. The first-order valence-electron chi connectivity index (χ1n) is 28.0. The zero-order chi connectivity index (χ0) is 57.1. The first kappa shape index (κ1) is 60.9. The summed E-state index contributed by atoms with van der Waals surface area (Å²) in [5.74, 6) is -2.09. The summed E-state index contributed by atoms with van der Waals surface area (Å²) in [6.45, 7) is 14.2. The number of aliphatic hydroxyl groups is 15. The molecule has 5 saturated carbocycles. The predicted octanol–water partition coefficient (Wildman–Crippen LogP) is -3.21. The van der Waals surface area contributed by atoms with Crippen LogP contribution in [-0.4, -0.2) is 244 Å². The molecule has 0 amide bonds. The van der Waals surface area contributed by atoms with Crippen LogP contribution in [0.15, 0.2) is 12.2 Å². The lowest BCUT2D eigenvalue weighted by atomic mass is 9.31. The van der Waals surface area contributed by atoms with Gasteiger partial charge in [0, 0.05) is 0 Å². The Bertz CT molecular complexity index is 2120. The van der Waals surface area contributed by atoms with E-state index in [1.165, 1.54) is 6.92 Å². The number of esters is 1. The molecule has 0 radical (unpaired) electrons. The van der Waals surface area contributed by atoms with Crippen LogP contribution >= 0.6 is 0 Å². The molecule has 24 heteroatoms. The average Bonchev–Trinajstić information content (AvgIpc) is 2.75. The van der Waals surface area contributed by atoms with E-state index in [2.05, 4.69) is 41.2 Å². The number of rotatable bonds is 13. The number of carbonyl (C=O) groups excluding carboxylic acids is 1. The SMILES string of the molecule is C=C(CO)C1CCC2(C(=O)OC3OC(COC4OC(CO)C(OC5OC(C)C(O)C(O)C5O)C(O)C4O)C(O)C(O)C3O)CCC3(C)C(CC(O)C4C5(C)CCC(OC6C(O)C(O)OC(CO)C6O)C(C)(C)C5CCC43C)C12. The van der Waals surface area contributed by atoms with Gasteiger partial charge in [-0.2, -0.15) is 0 Å². The van der Waals surface area contributed by atoms with E-state index in [1.54, 1.807) is 0 Å². The third kappa shape index (κ3) is 9.67. The second-order valence-corrected chi connectivity index (χ2v) is 25.9. The van der Waals surface area contributed by atoms with Gasteiger partial charge in [0.05, 0.1) is 50.2 Å². The fraction of sp³-hybridized carbons (Fsp3) is 0.944. The highest BCUT2D eigenvalue weighted by atomic mass is 16.8. The molecule has 15 N–H and O–H groups in total. The van der Waals surface area contributed by atoms with E-state index in [0.29, 0.717) is 56.9 Å². The highest BCUT2D eigenvalue weighted by molar-refractivity contribution is 5.78. The summed E-state index contributed by atoms with van der Waals surface area (Å²) < 4.78 is 46.5. The zero-order valence-electron chi connectivity index (χ0n) is 45.4. The van der Waals surface area contributed by atoms with Crippen LogP contribution in [-0.2, 0) is 42.7 Å². The van der Waals surface area contributed by atoms with E-state index >= 15 is 4.79 Å². The van der Waals surface area contributed by atoms with Gasteiger partial charge in [-0.1, -0.05) is 41.2 Å². The van der Waals surface area contributed by atoms with Gasteiger partial charge >= 0.3 is 5.97 Å². The third-order valence-electron chi connectivity index (χ3n) is 21.9. The number of carbonyl (C=O) groups is 1. The van der Waals surface area contributed by atoms with Crippen LogP contribution in [0.25, 0.3) is 0 Å². The van der Waals surface area contributed by atoms with Crippen molar-refractivity contribution in [3.05, 3.63) is 12.2 Å². The summed E-state index contributed by atoms with van der Waals surface area (Å²) in [5, 5.41) is 163. The molecule has 0 aromatic heterocycles. The van der Waals surface area contributed by atoms with E-state index in [1.807, 2.05) is 0 Å². The molecule has 0 bridgehead atoms. The first-order valence-corrected chi connectivity index (χ1v) is 28.0. The van der Waals surface area contributed by atoms with E-state index in [4.69, 9.17) is 37.9 Å². The lowest BCUT2D eigenvalue weighted by Gasteiger charge is -2.73. The fourth-order valence-electron chi connectivity index (χ4n) is 17.4. The van der Waals surface area contributed by atoms with Crippen molar-refractivity contribution in [3.8, 4) is 0 Å². The zero-order valence-corrected chi connectivity index (χ0v) is 45.4. The van der Waals surface area contributed by atoms with Gasteiger partial charge in [0.25, 0.3) is 0 Å². The minimum atomic E-state index is -1.95. The molecule has 0 spiro atoms. The number of hydrogen-bond acceptors (Lipinski definition) is 24.